The number of halogens is 3. The second-order valence-corrected chi connectivity index (χ2v) is 8.66. The van der Waals surface area contributed by atoms with Crippen LogP contribution in [0, 0.1) is 5.82 Å². The highest BCUT2D eigenvalue weighted by Gasteiger charge is 2.33. The molecule has 35 heavy (non-hydrogen) atoms. The van der Waals surface area contributed by atoms with E-state index in [1.165, 1.54) is 23.1 Å². The molecule has 2 aliphatic rings. The summed E-state index contributed by atoms with van der Waals surface area (Å²) in [5.74, 6) is -1.39. The minimum absolute atomic E-state index is 0.0430. The van der Waals surface area contributed by atoms with Crippen LogP contribution in [0.15, 0.2) is 53.9 Å². The van der Waals surface area contributed by atoms with E-state index in [1.807, 2.05) is 0 Å². The van der Waals surface area contributed by atoms with E-state index in [0.29, 0.717) is 29.7 Å². The van der Waals surface area contributed by atoms with Crippen molar-refractivity contribution >= 4 is 17.5 Å². The van der Waals surface area contributed by atoms with Gasteiger partial charge in [-0.1, -0.05) is 5.57 Å². The molecule has 0 bridgehead atoms. The Morgan fingerprint density at radius 2 is 1.91 bits per heavy atom. The van der Waals surface area contributed by atoms with Crippen LogP contribution in [0.3, 0.4) is 0 Å². The van der Waals surface area contributed by atoms with Crippen LogP contribution in [0.2, 0.25) is 0 Å². The van der Waals surface area contributed by atoms with E-state index in [0.717, 1.165) is 30.1 Å². The number of aromatic nitrogens is 3. The van der Waals surface area contributed by atoms with Crippen molar-refractivity contribution in [2.75, 3.05) is 11.4 Å². The van der Waals surface area contributed by atoms with E-state index in [9.17, 15) is 22.8 Å². The Balaban J connectivity index is 1.36. The van der Waals surface area contributed by atoms with Gasteiger partial charge < -0.3 is 10.2 Å². The van der Waals surface area contributed by atoms with E-state index in [1.54, 1.807) is 30.2 Å². The number of aryl methyl sites for hydroxylation is 1. The maximum absolute atomic E-state index is 14.2. The Morgan fingerprint density at radius 1 is 1.11 bits per heavy atom. The first-order valence-electron chi connectivity index (χ1n) is 11.2. The van der Waals surface area contributed by atoms with Crippen LogP contribution < -0.4 is 10.2 Å². The molecule has 3 aromatic rings. The number of nitrogens with zero attached hydrogens (tertiary/aromatic N) is 4. The zero-order chi connectivity index (χ0) is 24.7. The van der Waals surface area contributed by atoms with Crippen LogP contribution in [-0.2, 0) is 18.4 Å². The van der Waals surface area contributed by atoms with E-state index in [4.69, 9.17) is 0 Å². The molecule has 1 aromatic carbocycles. The molecule has 1 aliphatic heterocycles. The Kier molecular flexibility index (Phi) is 5.88. The highest BCUT2D eigenvalue weighted by Crippen LogP contribution is 2.38. The van der Waals surface area contributed by atoms with Crippen molar-refractivity contribution in [1.82, 2.24) is 20.1 Å². The number of alkyl halides is 2. The van der Waals surface area contributed by atoms with Crippen LogP contribution in [0.1, 0.15) is 47.4 Å². The molecule has 3 heterocycles. The van der Waals surface area contributed by atoms with Gasteiger partial charge >= 0.3 is 0 Å². The summed E-state index contributed by atoms with van der Waals surface area (Å²) >= 11 is 0. The zero-order valence-corrected chi connectivity index (χ0v) is 18.9. The van der Waals surface area contributed by atoms with Crippen molar-refractivity contribution in [3.63, 3.8) is 0 Å². The van der Waals surface area contributed by atoms with Crippen LogP contribution in [-0.4, -0.2) is 33.1 Å². The van der Waals surface area contributed by atoms with Gasteiger partial charge in [-0.2, -0.15) is 5.10 Å². The average molecular weight is 481 g/mol. The number of hydrogen-bond donors (Lipinski definition) is 1. The van der Waals surface area contributed by atoms with Crippen molar-refractivity contribution in [3.8, 4) is 11.1 Å². The molecule has 2 aromatic heterocycles. The van der Waals surface area contributed by atoms with Crippen LogP contribution in [0.4, 0.5) is 18.9 Å². The second kappa shape index (κ2) is 9.01. The molecule has 1 saturated heterocycles. The maximum Gasteiger partial charge on any atom is 0.280 e. The van der Waals surface area contributed by atoms with Crippen LogP contribution in [0.25, 0.3) is 11.1 Å². The fourth-order valence-electron chi connectivity index (χ4n) is 4.22. The van der Waals surface area contributed by atoms with Crippen molar-refractivity contribution in [3.05, 3.63) is 76.6 Å². The predicted octanol–water partition coefficient (Wildman–Crippen LogP) is 4.32. The van der Waals surface area contributed by atoms with E-state index in [-0.39, 0.29) is 23.8 Å². The molecule has 0 atom stereocenters. The molecule has 7 nitrogen and oxygen atoms in total. The molecule has 0 radical (unpaired) electrons. The molecular formula is C25H22F3N5O2. The molecule has 0 unspecified atom stereocenters. The first-order chi connectivity index (χ1) is 16.8. The lowest BCUT2D eigenvalue weighted by atomic mass is 10.1. The van der Waals surface area contributed by atoms with Gasteiger partial charge in [0.15, 0.2) is 0 Å². The SMILES string of the molecule is Cn1cc(-c2cc(F)cc(CNC(=O)c3cc(N4CCC(=C5CC5)C4=O)cc(C(F)F)n3)c2)cn1. The third kappa shape index (κ3) is 4.82. The molecule has 2 fully saturated rings. The van der Waals surface area contributed by atoms with Gasteiger partial charge in [0.05, 0.1) is 6.20 Å². The van der Waals surface area contributed by atoms with Gasteiger partial charge in [0.25, 0.3) is 18.2 Å². The number of rotatable bonds is 6. The number of allylic oxidation sites excluding steroid dienone is 1. The molecule has 10 heteroatoms. The summed E-state index contributed by atoms with van der Waals surface area (Å²) in [6.45, 7) is 0.324. The molecule has 180 valence electrons. The first-order valence-corrected chi connectivity index (χ1v) is 11.2. The summed E-state index contributed by atoms with van der Waals surface area (Å²) in [6, 6.07) is 6.84. The van der Waals surface area contributed by atoms with Gasteiger partial charge in [-0.15, -0.1) is 0 Å². The van der Waals surface area contributed by atoms with E-state index >= 15 is 0 Å². The number of carbonyl (C=O) groups is 2. The van der Waals surface area contributed by atoms with Crippen molar-refractivity contribution in [2.45, 2.75) is 32.2 Å². The van der Waals surface area contributed by atoms with Crippen LogP contribution >= 0.6 is 0 Å². The van der Waals surface area contributed by atoms with Crippen molar-refractivity contribution < 1.29 is 22.8 Å². The summed E-state index contributed by atoms with van der Waals surface area (Å²) in [4.78, 5) is 30.8. The van der Waals surface area contributed by atoms with Gasteiger partial charge in [0, 0.05) is 43.2 Å². The third-order valence-corrected chi connectivity index (χ3v) is 6.06. The third-order valence-electron chi connectivity index (χ3n) is 6.06. The lowest BCUT2D eigenvalue weighted by Gasteiger charge is -2.17. The number of amides is 2. The molecule has 1 aliphatic carbocycles. The highest BCUT2D eigenvalue weighted by atomic mass is 19.3. The number of benzene rings is 1. The lowest BCUT2D eigenvalue weighted by Crippen LogP contribution is -2.27. The van der Waals surface area contributed by atoms with Gasteiger partial charge in [-0.3, -0.25) is 14.3 Å². The van der Waals surface area contributed by atoms with Gasteiger partial charge in [-0.25, -0.2) is 18.2 Å². The van der Waals surface area contributed by atoms with Gasteiger partial charge in [-0.05, 0) is 60.7 Å². The predicted molar refractivity (Wildman–Crippen MR) is 122 cm³/mol. The first kappa shape index (κ1) is 22.8. The summed E-state index contributed by atoms with van der Waals surface area (Å²) in [5.41, 5.74) is 3.03. The monoisotopic (exact) mass is 481 g/mol. The highest BCUT2D eigenvalue weighted by molar-refractivity contribution is 6.09. The Bertz CT molecular complexity index is 1360. The van der Waals surface area contributed by atoms with Gasteiger partial charge in [0.2, 0.25) is 0 Å². The quantitative estimate of drug-likeness (QED) is 0.532. The lowest BCUT2D eigenvalue weighted by molar-refractivity contribution is -0.114. The van der Waals surface area contributed by atoms with Crippen molar-refractivity contribution in [2.24, 2.45) is 7.05 Å². The van der Waals surface area contributed by atoms with E-state index < -0.39 is 23.8 Å². The van der Waals surface area contributed by atoms with Crippen molar-refractivity contribution in [1.29, 1.82) is 0 Å². The fraction of sp³-hybridized carbons (Fsp3) is 0.280. The summed E-state index contributed by atoms with van der Waals surface area (Å²) in [6.07, 6.45) is 2.77. The summed E-state index contributed by atoms with van der Waals surface area (Å²) in [7, 11) is 1.75. The smallest absolute Gasteiger partial charge is 0.280 e. The second-order valence-electron chi connectivity index (χ2n) is 8.66. The minimum Gasteiger partial charge on any atom is -0.347 e. The number of carbonyl (C=O) groups excluding carboxylic acids is 2. The summed E-state index contributed by atoms with van der Waals surface area (Å²) < 4.78 is 42.9. The minimum atomic E-state index is -2.91. The topological polar surface area (TPSA) is 80.1 Å². The molecular weight excluding hydrogens is 459 g/mol. The number of nitrogens with one attached hydrogen (secondary N) is 1. The molecule has 1 N–H and O–H groups in total. The van der Waals surface area contributed by atoms with E-state index in [2.05, 4.69) is 15.4 Å². The average Bonchev–Trinajstić information content (AvgIpc) is 3.46. The largest absolute Gasteiger partial charge is 0.347 e. The Labute approximate surface area is 199 Å². The standard InChI is InChI=1S/C25H22F3N5O2/c1-32-13-17(12-30-32)16-6-14(7-18(26)8-16)11-29-24(34)22-10-19(9-21(31-22)23(27)28)33-5-4-20(25(33)35)15-2-3-15/h6-10,12-13,23H,2-5,11H2,1H3,(H,29,34). The number of anilines is 1. The fourth-order valence-corrected chi connectivity index (χ4v) is 4.22. The Morgan fingerprint density at radius 3 is 2.60 bits per heavy atom. The molecule has 0 spiro atoms. The molecule has 2 amide bonds. The molecule has 5 rings (SSSR count). The number of hydrogen-bond acceptors (Lipinski definition) is 4. The van der Waals surface area contributed by atoms with Gasteiger partial charge in [0.1, 0.15) is 17.2 Å². The maximum atomic E-state index is 14.2. The Hall–Kier alpha value is -3.95. The zero-order valence-electron chi connectivity index (χ0n) is 18.9. The van der Waals surface area contributed by atoms with Crippen LogP contribution in [0.5, 0.6) is 0 Å². The normalized spacial score (nSPS) is 15.3. The molecule has 1 saturated carbocycles. The summed E-state index contributed by atoms with van der Waals surface area (Å²) in [5, 5.41) is 6.69. The number of pyridine rings is 1.